The van der Waals surface area contributed by atoms with Gasteiger partial charge in [0.15, 0.2) is 12.2 Å². The van der Waals surface area contributed by atoms with Gasteiger partial charge in [-0.15, -0.1) is 0 Å². The van der Waals surface area contributed by atoms with Crippen molar-refractivity contribution in [3.05, 3.63) is 0 Å². The third kappa shape index (κ3) is 5.64. The zero-order valence-electron chi connectivity index (χ0n) is 8.96. The summed E-state index contributed by atoms with van der Waals surface area (Å²) in [7, 11) is 0. The summed E-state index contributed by atoms with van der Waals surface area (Å²) in [6, 6.07) is 0.796. The Morgan fingerprint density at radius 2 is 1.62 bits per heavy atom. The summed E-state index contributed by atoms with van der Waals surface area (Å²) in [6.07, 6.45) is -1.78. The van der Waals surface area contributed by atoms with Crippen molar-refractivity contribution in [1.82, 2.24) is 5.32 Å². The predicted molar refractivity (Wildman–Crippen MR) is 54.0 cm³/mol. The molecule has 94 valence electrons. The molecule has 0 aromatic heterocycles. The van der Waals surface area contributed by atoms with E-state index >= 15 is 0 Å². The molecule has 5 N–H and O–H groups in total. The van der Waals surface area contributed by atoms with Gasteiger partial charge >= 0.3 is 11.9 Å². The molecule has 1 aliphatic heterocycles. The zero-order valence-corrected chi connectivity index (χ0v) is 8.96. The van der Waals surface area contributed by atoms with Gasteiger partial charge in [0.2, 0.25) is 0 Å². The lowest BCUT2D eigenvalue weighted by Crippen LogP contribution is -2.39. The zero-order chi connectivity index (χ0) is 12.7. The third-order valence-corrected chi connectivity index (χ3v) is 2.11. The number of rotatable bonds is 3. The molecule has 0 radical (unpaired) electrons. The van der Waals surface area contributed by atoms with E-state index in [0.717, 1.165) is 6.04 Å². The molecule has 0 aromatic rings. The minimum Gasteiger partial charge on any atom is -0.479 e. The van der Waals surface area contributed by atoms with Crippen molar-refractivity contribution < 1.29 is 30.0 Å². The van der Waals surface area contributed by atoms with Crippen molar-refractivity contribution >= 4 is 11.9 Å². The fourth-order valence-corrected chi connectivity index (χ4v) is 1.13. The standard InChI is InChI=1S/C5H11N.C4H6O6/c1-5-3-2-4-6-5;5-1(3(7)8)2(6)4(9)10/h5-6H,2-4H2,1H3;1-2,5-6H,(H,7,8)(H,9,10)/t5-;/m0./s1. The van der Waals surface area contributed by atoms with E-state index in [4.69, 9.17) is 20.4 Å². The Bertz CT molecular complexity index is 220. The highest BCUT2D eigenvalue weighted by Crippen LogP contribution is 2.01. The molecule has 0 aliphatic carbocycles. The second-order valence-corrected chi connectivity index (χ2v) is 3.56. The van der Waals surface area contributed by atoms with Gasteiger partial charge in [0.05, 0.1) is 0 Å². The summed E-state index contributed by atoms with van der Waals surface area (Å²) < 4.78 is 0. The lowest BCUT2D eigenvalue weighted by molar-refractivity contribution is -0.165. The van der Waals surface area contributed by atoms with Gasteiger partial charge in [0, 0.05) is 6.04 Å². The Balaban J connectivity index is 0.000000315. The molecular formula is C9H17NO6. The summed E-state index contributed by atoms with van der Waals surface area (Å²) in [5.74, 6) is -3.54. The normalized spacial score (nSPS) is 22.8. The average molecular weight is 235 g/mol. The number of nitrogens with one attached hydrogen (secondary N) is 1. The average Bonchev–Trinajstić information content (AvgIpc) is 2.67. The Kier molecular flexibility index (Phi) is 6.63. The van der Waals surface area contributed by atoms with Crippen LogP contribution in [-0.2, 0) is 9.59 Å². The molecule has 0 amide bonds. The van der Waals surface area contributed by atoms with Crippen molar-refractivity contribution in [2.24, 2.45) is 0 Å². The number of carbonyl (C=O) groups is 2. The van der Waals surface area contributed by atoms with Crippen molar-refractivity contribution in [2.45, 2.75) is 38.0 Å². The number of carboxylic acid groups (broad SMARTS) is 2. The molecule has 0 saturated carbocycles. The van der Waals surface area contributed by atoms with E-state index < -0.39 is 24.1 Å². The lowest BCUT2D eigenvalue weighted by Gasteiger charge is -2.07. The smallest absolute Gasteiger partial charge is 0.335 e. The molecule has 0 bridgehead atoms. The van der Waals surface area contributed by atoms with Gasteiger partial charge < -0.3 is 25.7 Å². The van der Waals surface area contributed by atoms with Crippen LogP contribution in [-0.4, -0.2) is 57.2 Å². The topological polar surface area (TPSA) is 127 Å². The first-order valence-electron chi connectivity index (χ1n) is 4.91. The minimum atomic E-state index is -2.27. The molecule has 1 saturated heterocycles. The fraction of sp³-hybridized carbons (Fsp3) is 0.778. The maximum absolute atomic E-state index is 9.77. The highest BCUT2D eigenvalue weighted by molar-refractivity contribution is 5.83. The molecule has 1 heterocycles. The van der Waals surface area contributed by atoms with E-state index in [9.17, 15) is 9.59 Å². The lowest BCUT2D eigenvalue weighted by atomic mass is 10.2. The van der Waals surface area contributed by atoms with Gasteiger partial charge in [-0.05, 0) is 26.3 Å². The molecule has 1 aliphatic rings. The van der Waals surface area contributed by atoms with Gasteiger partial charge in [0.1, 0.15) is 0 Å². The summed E-state index contributed by atoms with van der Waals surface area (Å²) in [6.45, 7) is 3.47. The molecule has 1 rings (SSSR count). The van der Waals surface area contributed by atoms with Crippen LogP contribution < -0.4 is 5.32 Å². The molecule has 1 fully saturated rings. The second kappa shape index (κ2) is 7.15. The molecule has 7 heteroatoms. The third-order valence-electron chi connectivity index (χ3n) is 2.11. The Labute approximate surface area is 92.7 Å². The number of carboxylic acids is 2. The Morgan fingerprint density at radius 1 is 1.19 bits per heavy atom. The molecule has 16 heavy (non-hydrogen) atoms. The summed E-state index contributed by atoms with van der Waals surface area (Å²) >= 11 is 0. The van der Waals surface area contributed by atoms with Crippen LogP contribution in [0.5, 0.6) is 0 Å². The van der Waals surface area contributed by atoms with Crippen LogP contribution in [0.4, 0.5) is 0 Å². The van der Waals surface area contributed by atoms with Gasteiger partial charge in [0.25, 0.3) is 0 Å². The van der Waals surface area contributed by atoms with Crippen LogP contribution >= 0.6 is 0 Å². The molecule has 2 unspecified atom stereocenters. The largest absolute Gasteiger partial charge is 0.479 e. The highest BCUT2D eigenvalue weighted by atomic mass is 16.4. The molecular weight excluding hydrogens is 218 g/mol. The Hall–Kier alpha value is -1.18. The first-order chi connectivity index (χ1) is 7.36. The van der Waals surface area contributed by atoms with Crippen LogP contribution in [0.3, 0.4) is 0 Å². The molecule has 7 nitrogen and oxygen atoms in total. The maximum Gasteiger partial charge on any atom is 0.335 e. The quantitative estimate of drug-likeness (QED) is 0.408. The van der Waals surface area contributed by atoms with Crippen LogP contribution in [0.15, 0.2) is 0 Å². The molecule has 0 spiro atoms. The SMILES string of the molecule is C[C@H]1CCCN1.O=C(O)C(O)C(O)C(=O)O. The monoisotopic (exact) mass is 235 g/mol. The summed E-state index contributed by atoms with van der Waals surface area (Å²) in [5, 5.41) is 35.8. The maximum atomic E-state index is 9.77. The summed E-state index contributed by atoms with van der Waals surface area (Å²) in [5.41, 5.74) is 0. The second-order valence-electron chi connectivity index (χ2n) is 3.56. The first-order valence-corrected chi connectivity index (χ1v) is 4.91. The number of hydrogen-bond acceptors (Lipinski definition) is 5. The van der Waals surface area contributed by atoms with Crippen LogP contribution in [0.1, 0.15) is 19.8 Å². The van der Waals surface area contributed by atoms with Crippen molar-refractivity contribution in [1.29, 1.82) is 0 Å². The van der Waals surface area contributed by atoms with Crippen LogP contribution in [0.2, 0.25) is 0 Å². The van der Waals surface area contributed by atoms with Gasteiger partial charge in [-0.2, -0.15) is 0 Å². The highest BCUT2D eigenvalue weighted by Gasteiger charge is 2.29. The van der Waals surface area contributed by atoms with Crippen molar-refractivity contribution in [2.75, 3.05) is 6.54 Å². The van der Waals surface area contributed by atoms with Crippen molar-refractivity contribution in [3.63, 3.8) is 0 Å². The van der Waals surface area contributed by atoms with E-state index in [-0.39, 0.29) is 0 Å². The minimum absolute atomic E-state index is 0.796. The van der Waals surface area contributed by atoms with E-state index in [1.54, 1.807) is 0 Å². The molecule has 0 aromatic carbocycles. The van der Waals surface area contributed by atoms with E-state index in [1.165, 1.54) is 19.4 Å². The fourth-order valence-electron chi connectivity index (χ4n) is 1.13. The van der Waals surface area contributed by atoms with Gasteiger partial charge in [-0.25, -0.2) is 9.59 Å². The first kappa shape index (κ1) is 14.8. The number of aliphatic carboxylic acids is 2. The Morgan fingerprint density at radius 3 is 1.75 bits per heavy atom. The van der Waals surface area contributed by atoms with E-state index in [1.807, 2.05) is 0 Å². The van der Waals surface area contributed by atoms with Gasteiger partial charge in [-0.3, -0.25) is 0 Å². The predicted octanol–water partition coefficient (Wildman–Crippen LogP) is -1.36. The number of aliphatic hydroxyl groups excluding tert-OH is 2. The van der Waals surface area contributed by atoms with Crippen LogP contribution in [0.25, 0.3) is 0 Å². The van der Waals surface area contributed by atoms with Gasteiger partial charge in [-0.1, -0.05) is 0 Å². The molecule has 3 atom stereocenters. The summed E-state index contributed by atoms with van der Waals surface area (Å²) in [4.78, 5) is 19.5. The van der Waals surface area contributed by atoms with E-state index in [2.05, 4.69) is 12.2 Å². The number of aliphatic hydroxyl groups is 2. The van der Waals surface area contributed by atoms with E-state index in [0.29, 0.717) is 0 Å². The number of hydrogen-bond donors (Lipinski definition) is 5. The van der Waals surface area contributed by atoms with Crippen molar-refractivity contribution in [3.8, 4) is 0 Å². The van der Waals surface area contributed by atoms with Crippen LogP contribution in [0, 0.1) is 0 Å².